The van der Waals surface area contributed by atoms with Crippen LogP contribution in [0.1, 0.15) is 1.43 Å². The molecular weight excluding hydrogens is 324 g/mol. The predicted octanol–water partition coefficient (Wildman–Crippen LogP) is -11.1. The molecule has 0 amide bonds. The molecule has 0 unspecified atom stereocenters. The molecule has 0 aliphatic heterocycles. The first-order valence-electron chi connectivity index (χ1n) is 3.10. The summed E-state index contributed by atoms with van der Waals surface area (Å²) in [5, 5.41) is 86.0. The van der Waals surface area contributed by atoms with Gasteiger partial charge in [-0.15, -0.1) is 0 Å². The number of rotatable bonds is 0. The van der Waals surface area contributed by atoms with Crippen LogP contribution in [-0.4, -0.2) is 89.6 Å². The summed E-state index contributed by atoms with van der Waals surface area (Å²) in [5.41, 5.74) is 0. The molecule has 0 aromatic carbocycles. The van der Waals surface area contributed by atoms with Gasteiger partial charge in [0.05, 0.1) is 0 Å². The van der Waals surface area contributed by atoms with Gasteiger partial charge in [0.25, 0.3) is 0 Å². The normalized spacial score (nSPS) is 6.00. The van der Waals surface area contributed by atoms with Crippen LogP contribution in [0.25, 0.3) is 0 Å². The molecule has 18 heteroatoms. The van der Waals surface area contributed by atoms with Gasteiger partial charge in [-0.1, -0.05) is 0 Å². The van der Waals surface area contributed by atoms with Gasteiger partial charge in [-0.05, 0) is 0 Å². The van der Waals surface area contributed by atoms with Crippen molar-refractivity contribution in [3.63, 3.8) is 0 Å². The Kier molecular flexibility index (Phi) is 63.1. The summed E-state index contributed by atoms with van der Waals surface area (Å²) in [6.07, 6.45) is 0. The van der Waals surface area contributed by atoms with E-state index >= 15 is 0 Å². The van der Waals surface area contributed by atoms with Crippen molar-refractivity contribution in [2.24, 2.45) is 0 Å². The Labute approximate surface area is 139 Å². The van der Waals surface area contributed by atoms with Crippen molar-refractivity contribution in [1.82, 2.24) is 0 Å². The standard InChI is InChI=1S/4BH3O3.Na.Zn.H/c4*2-1(3)4;;;/h4*2-4H;;;/q;;;;+1;;-1. The molecule has 0 aromatic heterocycles. The molecule has 0 aliphatic carbocycles. The van der Waals surface area contributed by atoms with Gasteiger partial charge in [-0.25, -0.2) is 0 Å². The summed E-state index contributed by atoms with van der Waals surface area (Å²) in [6, 6.07) is 0. The van der Waals surface area contributed by atoms with Gasteiger partial charge in [-0.3, -0.25) is 0 Å². The Bertz CT molecular complexity index is 72.7. The van der Waals surface area contributed by atoms with Gasteiger partial charge < -0.3 is 61.7 Å². The second-order valence-electron chi connectivity index (χ2n) is 1.39. The third kappa shape index (κ3) is 2380. The molecule has 0 radical (unpaired) electrons. The molecule has 0 fully saturated rings. The monoisotopic (exact) mass is 336 g/mol. The fourth-order valence-corrected chi connectivity index (χ4v) is 0. The average Bonchev–Trinajstić information content (AvgIpc) is 1.76. The minimum atomic E-state index is -2.17. The molecule has 100 valence electrons. The van der Waals surface area contributed by atoms with E-state index in [2.05, 4.69) is 0 Å². The second kappa shape index (κ2) is 31.0. The molecule has 0 spiro atoms. The van der Waals surface area contributed by atoms with Crippen molar-refractivity contribution < 1.29 is 111 Å². The summed E-state index contributed by atoms with van der Waals surface area (Å²) in [7, 11) is -8.67. The van der Waals surface area contributed by atoms with E-state index in [1.54, 1.807) is 0 Å². The van der Waals surface area contributed by atoms with Crippen molar-refractivity contribution in [1.29, 1.82) is 0 Å². The van der Waals surface area contributed by atoms with E-state index in [9.17, 15) is 0 Å². The summed E-state index contributed by atoms with van der Waals surface area (Å²) < 4.78 is 0. The van der Waals surface area contributed by atoms with Crippen LogP contribution in [-0.2, 0) is 19.5 Å². The first-order chi connectivity index (χ1) is 6.93. The van der Waals surface area contributed by atoms with Crippen molar-refractivity contribution in [3.8, 4) is 0 Å². The molecule has 0 rings (SSSR count). The topological polar surface area (TPSA) is 243 Å². The first-order valence-corrected chi connectivity index (χ1v) is 3.10. The van der Waals surface area contributed by atoms with Crippen LogP contribution in [0.15, 0.2) is 0 Å². The van der Waals surface area contributed by atoms with Crippen molar-refractivity contribution in [2.45, 2.75) is 0 Å². The van der Waals surface area contributed by atoms with Gasteiger partial charge in [-0.2, -0.15) is 0 Å². The fraction of sp³-hybridized carbons (Fsp3) is 0. The molecule has 0 aromatic rings. The predicted molar refractivity (Wildman–Crippen MR) is 50.8 cm³/mol. The van der Waals surface area contributed by atoms with Crippen LogP contribution in [0.5, 0.6) is 0 Å². The second-order valence-corrected chi connectivity index (χ2v) is 1.39. The van der Waals surface area contributed by atoms with E-state index in [1.807, 2.05) is 0 Å². The van der Waals surface area contributed by atoms with Gasteiger partial charge in [0, 0.05) is 19.5 Å². The van der Waals surface area contributed by atoms with E-state index < -0.39 is 29.3 Å². The van der Waals surface area contributed by atoms with Crippen molar-refractivity contribution in [3.05, 3.63) is 0 Å². The minimum Gasteiger partial charge on any atom is -1.00 e. The SMILES string of the molecule is OB(O)O.OB(O)O.OB(O)O.OB(O)O.[H-].[Na+].[Zn]. The minimum absolute atomic E-state index is 0. The van der Waals surface area contributed by atoms with E-state index in [1.165, 1.54) is 0 Å². The van der Waals surface area contributed by atoms with E-state index in [4.69, 9.17) is 60.3 Å². The Morgan fingerprint density at radius 1 is 0.389 bits per heavy atom. The molecule has 0 atom stereocenters. The van der Waals surface area contributed by atoms with Gasteiger partial charge in [0.15, 0.2) is 0 Å². The average molecular weight is 337 g/mol. The summed E-state index contributed by atoms with van der Waals surface area (Å²) in [6.45, 7) is 0. The quantitative estimate of drug-likeness (QED) is 0.184. The maximum atomic E-state index is 7.17. The molecule has 12 nitrogen and oxygen atoms in total. The molecule has 0 aliphatic rings. The summed E-state index contributed by atoms with van der Waals surface area (Å²) in [4.78, 5) is 0. The van der Waals surface area contributed by atoms with Gasteiger partial charge in [0.2, 0.25) is 0 Å². The first kappa shape index (κ1) is 36.6. The fourth-order valence-electron chi connectivity index (χ4n) is 0. The van der Waals surface area contributed by atoms with Crippen LogP contribution >= 0.6 is 0 Å². The van der Waals surface area contributed by atoms with E-state index in [-0.39, 0.29) is 50.5 Å². The Morgan fingerprint density at radius 2 is 0.389 bits per heavy atom. The zero-order valence-corrected chi connectivity index (χ0v) is 14.4. The Balaban J connectivity index is -0.0000000192. The van der Waals surface area contributed by atoms with E-state index in [0.29, 0.717) is 0 Å². The van der Waals surface area contributed by atoms with Gasteiger partial charge in [0.1, 0.15) is 0 Å². The summed E-state index contributed by atoms with van der Waals surface area (Å²) in [5.74, 6) is 0. The van der Waals surface area contributed by atoms with Crippen molar-refractivity contribution >= 4 is 29.3 Å². The maximum Gasteiger partial charge on any atom is 1.00 e. The van der Waals surface area contributed by atoms with Crippen LogP contribution in [0, 0.1) is 0 Å². The molecule has 0 bridgehead atoms. The number of hydrogen-bond donors (Lipinski definition) is 12. The van der Waals surface area contributed by atoms with Crippen LogP contribution in [0.2, 0.25) is 0 Å². The Hall–Kier alpha value is 1.40. The Morgan fingerprint density at radius 3 is 0.389 bits per heavy atom. The third-order valence-electron chi connectivity index (χ3n) is 0. The van der Waals surface area contributed by atoms with Crippen LogP contribution in [0.4, 0.5) is 0 Å². The van der Waals surface area contributed by atoms with E-state index in [0.717, 1.165) is 0 Å². The molecular formula is H13B4NaO12Zn. The summed E-state index contributed by atoms with van der Waals surface area (Å²) >= 11 is 0. The van der Waals surface area contributed by atoms with Crippen LogP contribution < -0.4 is 29.6 Å². The smallest absolute Gasteiger partial charge is 1.00 e. The molecule has 0 saturated heterocycles. The zero-order chi connectivity index (χ0) is 14.3. The third-order valence-corrected chi connectivity index (χ3v) is 0. The largest absolute Gasteiger partial charge is 1.00 e. The molecule has 0 saturated carbocycles. The zero-order valence-electron chi connectivity index (χ0n) is 10.4. The van der Waals surface area contributed by atoms with Crippen LogP contribution in [0.3, 0.4) is 0 Å². The maximum absolute atomic E-state index is 7.17. The molecule has 18 heavy (non-hydrogen) atoms. The van der Waals surface area contributed by atoms with Gasteiger partial charge >= 0.3 is 58.8 Å². The molecule has 0 heterocycles. The molecule has 12 N–H and O–H groups in total. The van der Waals surface area contributed by atoms with Crippen molar-refractivity contribution in [2.75, 3.05) is 0 Å². The number of hydrogen-bond acceptors (Lipinski definition) is 12.